The smallest absolute Gasteiger partial charge is 0.122 e. The maximum atomic E-state index is 9.55. The monoisotopic (exact) mass is 222 g/mol. The third-order valence-corrected chi connectivity index (χ3v) is 3.25. The molecule has 0 heterocycles. The zero-order chi connectivity index (χ0) is 11.5. The lowest BCUT2D eigenvalue weighted by molar-refractivity contribution is 0.181. The SMILES string of the molecule is COc1cc(OC)cc(C2CCC(O)C2)c1. The van der Waals surface area contributed by atoms with Gasteiger partial charge in [0.1, 0.15) is 11.5 Å². The first-order valence-electron chi connectivity index (χ1n) is 5.64. The molecule has 1 aliphatic carbocycles. The highest BCUT2D eigenvalue weighted by Crippen LogP contribution is 2.37. The van der Waals surface area contributed by atoms with Crippen molar-refractivity contribution < 1.29 is 14.6 Å². The summed E-state index contributed by atoms with van der Waals surface area (Å²) in [5.74, 6) is 2.06. The second-order valence-corrected chi connectivity index (χ2v) is 4.31. The molecule has 0 bridgehead atoms. The van der Waals surface area contributed by atoms with E-state index in [4.69, 9.17) is 9.47 Å². The van der Waals surface area contributed by atoms with Crippen LogP contribution >= 0.6 is 0 Å². The van der Waals surface area contributed by atoms with Crippen LogP contribution in [0.3, 0.4) is 0 Å². The van der Waals surface area contributed by atoms with Gasteiger partial charge in [-0.2, -0.15) is 0 Å². The molecule has 1 aromatic rings. The van der Waals surface area contributed by atoms with E-state index in [9.17, 15) is 5.11 Å². The van der Waals surface area contributed by atoms with Gasteiger partial charge in [0, 0.05) is 6.07 Å². The van der Waals surface area contributed by atoms with E-state index in [-0.39, 0.29) is 6.10 Å². The van der Waals surface area contributed by atoms with Gasteiger partial charge in [-0.05, 0) is 42.9 Å². The van der Waals surface area contributed by atoms with Crippen molar-refractivity contribution in [3.05, 3.63) is 23.8 Å². The van der Waals surface area contributed by atoms with Crippen molar-refractivity contribution in [1.29, 1.82) is 0 Å². The van der Waals surface area contributed by atoms with E-state index in [1.54, 1.807) is 14.2 Å². The highest BCUT2D eigenvalue weighted by molar-refractivity contribution is 5.40. The van der Waals surface area contributed by atoms with Gasteiger partial charge in [0.25, 0.3) is 0 Å². The van der Waals surface area contributed by atoms with Gasteiger partial charge in [-0.1, -0.05) is 0 Å². The molecule has 1 aliphatic rings. The van der Waals surface area contributed by atoms with Gasteiger partial charge in [-0.25, -0.2) is 0 Å². The van der Waals surface area contributed by atoms with Crippen molar-refractivity contribution >= 4 is 0 Å². The molecule has 0 spiro atoms. The Hall–Kier alpha value is -1.22. The number of benzene rings is 1. The van der Waals surface area contributed by atoms with Gasteiger partial charge in [-0.15, -0.1) is 0 Å². The molecule has 2 atom stereocenters. The Balaban J connectivity index is 2.25. The minimum absolute atomic E-state index is 0.151. The molecule has 1 N–H and O–H groups in total. The molecule has 0 radical (unpaired) electrons. The van der Waals surface area contributed by atoms with Crippen LogP contribution < -0.4 is 9.47 Å². The van der Waals surface area contributed by atoms with Crippen LogP contribution in [0.2, 0.25) is 0 Å². The summed E-state index contributed by atoms with van der Waals surface area (Å²) in [6.07, 6.45) is 2.63. The van der Waals surface area contributed by atoms with Gasteiger partial charge in [0.2, 0.25) is 0 Å². The van der Waals surface area contributed by atoms with Gasteiger partial charge < -0.3 is 14.6 Å². The predicted molar refractivity (Wildman–Crippen MR) is 62.1 cm³/mol. The second-order valence-electron chi connectivity index (χ2n) is 4.31. The minimum atomic E-state index is -0.151. The number of aliphatic hydroxyl groups excluding tert-OH is 1. The number of hydrogen-bond donors (Lipinski definition) is 1. The highest BCUT2D eigenvalue weighted by Gasteiger charge is 2.24. The largest absolute Gasteiger partial charge is 0.497 e. The van der Waals surface area contributed by atoms with Gasteiger partial charge in [0.05, 0.1) is 20.3 Å². The lowest BCUT2D eigenvalue weighted by atomic mass is 9.97. The Labute approximate surface area is 96.0 Å². The average Bonchev–Trinajstić information content (AvgIpc) is 2.75. The molecule has 3 nitrogen and oxygen atoms in total. The van der Waals surface area contributed by atoms with E-state index >= 15 is 0 Å². The highest BCUT2D eigenvalue weighted by atomic mass is 16.5. The molecule has 0 saturated heterocycles. The maximum absolute atomic E-state index is 9.55. The van der Waals surface area contributed by atoms with Crippen LogP contribution in [0.15, 0.2) is 18.2 Å². The summed E-state index contributed by atoms with van der Waals surface area (Å²) in [5.41, 5.74) is 1.20. The quantitative estimate of drug-likeness (QED) is 0.853. The van der Waals surface area contributed by atoms with Crippen molar-refractivity contribution in [2.75, 3.05) is 14.2 Å². The van der Waals surface area contributed by atoms with Crippen LogP contribution in [0.1, 0.15) is 30.7 Å². The molecule has 0 aromatic heterocycles. The first kappa shape index (κ1) is 11.3. The van der Waals surface area contributed by atoms with E-state index in [2.05, 4.69) is 0 Å². The van der Waals surface area contributed by atoms with E-state index in [1.807, 2.05) is 18.2 Å². The zero-order valence-corrected chi connectivity index (χ0v) is 9.77. The van der Waals surface area contributed by atoms with Gasteiger partial charge in [-0.3, -0.25) is 0 Å². The molecule has 16 heavy (non-hydrogen) atoms. The summed E-state index contributed by atoms with van der Waals surface area (Å²) in [4.78, 5) is 0. The van der Waals surface area contributed by atoms with Crippen LogP contribution in [0.4, 0.5) is 0 Å². The third kappa shape index (κ3) is 2.30. The Morgan fingerprint density at radius 2 is 1.69 bits per heavy atom. The molecule has 2 rings (SSSR count). The zero-order valence-electron chi connectivity index (χ0n) is 9.77. The predicted octanol–water partition coefficient (Wildman–Crippen LogP) is 2.33. The van der Waals surface area contributed by atoms with Crippen LogP contribution in [0.5, 0.6) is 11.5 Å². The minimum Gasteiger partial charge on any atom is -0.497 e. The summed E-state index contributed by atoms with van der Waals surface area (Å²) < 4.78 is 10.5. The Kier molecular flexibility index (Phi) is 3.34. The number of aliphatic hydroxyl groups is 1. The Morgan fingerprint density at radius 1 is 1.06 bits per heavy atom. The number of rotatable bonds is 3. The second kappa shape index (κ2) is 4.74. The van der Waals surface area contributed by atoms with Gasteiger partial charge >= 0.3 is 0 Å². The van der Waals surface area contributed by atoms with Crippen molar-refractivity contribution in [2.24, 2.45) is 0 Å². The molecule has 0 aliphatic heterocycles. The fraction of sp³-hybridized carbons (Fsp3) is 0.538. The van der Waals surface area contributed by atoms with Crippen molar-refractivity contribution in [1.82, 2.24) is 0 Å². The molecule has 2 unspecified atom stereocenters. The molecular weight excluding hydrogens is 204 g/mol. The number of ether oxygens (including phenoxy) is 2. The molecule has 88 valence electrons. The van der Waals surface area contributed by atoms with Crippen LogP contribution in [-0.2, 0) is 0 Å². The normalized spacial score (nSPS) is 24.4. The molecule has 0 amide bonds. The van der Waals surface area contributed by atoms with Crippen LogP contribution in [0, 0.1) is 0 Å². The van der Waals surface area contributed by atoms with E-state index in [0.29, 0.717) is 5.92 Å². The third-order valence-electron chi connectivity index (χ3n) is 3.25. The molecule has 1 saturated carbocycles. The number of hydrogen-bond acceptors (Lipinski definition) is 3. The number of methoxy groups -OCH3 is 2. The summed E-state index contributed by atoms with van der Waals surface area (Å²) in [6, 6.07) is 5.94. The summed E-state index contributed by atoms with van der Waals surface area (Å²) in [5, 5.41) is 9.55. The molecular formula is C13H18O3. The summed E-state index contributed by atoms with van der Waals surface area (Å²) >= 11 is 0. The van der Waals surface area contributed by atoms with Crippen molar-refractivity contribution in [3.8, 4) is 11.5 Å². The van der Waals surface area contributed by atoms with E-state index in [1.165, 1.54) is 5.56 Å². The standard InChI is InChI=1S/C13H18O3/c1-15-12-6-10(7-13(8-12)16-2)9-3-4-11(14)5-9/h6-9,11,14H,3-5H2,1-2H3. The molecule has 1 fully saturated rings. The lowest BCUT2D eigenvalue weighted by Gasteiger charge is -2.13. The van der Waals surface area contributed by atoms with E-state index in [0.717, 1.165) is 30.8 Å². The first-order valence-corrected chi connectivity index (χ1v) is 5.64. The first-order chi connectivity index (χ1) is 7.72. The lowest BCUT2D eigenvalue weighted by Crippen LogP contribution is -2.00. The Morgan fingerprint density at radius 3 is 2.12 bits per heavy atom. The van der Waals surface area contributed by atoms with Crippen molar-refractivity contribution in [3.63, 3.8) is 0 Å². The van der Waals surface area contributed by atoms with E-state index < -0.39 is 0 Å². The maximum Gasteiger partial charge on any atom is 0.122 e. The fourth-order valence-corrected chi connectivity index (χ4v) is 2.33. The molecule has 1 aromatic carbocycles. The summed E-state index contributed by atoms with van der Waals surface area (Å²) in [6.45, 7) is 0. The topological polar surface area (TPSA) is 38.7 Å². The Bertz CT molecular complexity index is 340. The fourth-order valence-electron chi connectivity index (χ4n) is 2.33. The average molecular weight is 222 g/mol. The molecule has 3 heteroatoms. The van der Waals surface area contributed by atoms with Crippen LogP contribution in [-0.4, -0.2) is 25.4 Å². The van der Waals surface area contributed by atoms with Gasteiger partial charge in [0.15, 0.2) is 0 Å². The van der Waals surface area contributed by atoms with Crippen LogP contribution in [0.25, 0.3) is 0 Å². The van der Waals surface area contributed by atoms with Crippen molar-refractivity contribution in [2.45, 2.75) is 31.3 Å². The summed E-state index contributed by atoms with van der Waals surface area (Å²) in [7, 11) is 3.31.